The largest absolute Gasteiger partial charge is 0.494 e. The summed E-state index contributed by atoms with van der Waals surface area (Å²) in [6, 6.07) is 8.29. The van der Waals surface area contributed by atoms with E-state index < -0.39 is 0 Å². The van der Waals surface area contributed by atoms with Gasteiger partial charge in [0.2, 0.25) is 0 Å². The van der Waals surface area contributed by atoms with Crippen LogP contribution in [0.3, 0.4) is 0 Å². The van der Waals surface area contributed by atoms with Crippen LogP contribution in [0.25, 0.3) is 0 Å². The summed E-state index contributed by atoms with van der Waals surface area (Å²) in [5.41, 5.74) is 1.32. The monoisotopic (exact) mass is 238 g/mol. The van der Waals surface area contributed by atoms with Crippen molar-refractivity contribution in [2.75, 3.05) is 26.3 Å². The molecule has 0 saturated heterocycles. The molecule has 0 amide bonds. The number of aliphatic hydroxyl groups excluding tert-OH is 1. The van der Waals surface area contributed by atoms with Gasteiger partial charge in [-0.1, -0.05) is 19.1 Å². The fourth-order valence-electron chi connectivity index (χ4n) is 1.67. The van der Waals surface area contributed by atoms with E-state index in [2.05, 4.69) is 24.4 Å². The molecule has 17 heavy (non-hydrogen) atoms. The van der Waals surface area contributed by atoms with Crippen LogP contribution in [-0.4, -0.2) is 31.4 Å². The number of benzene rings is 1. The number of aryl methyl sites for hydroxylation is 1. The Bertz CT molecular complexity index is 302. The molecule has 96 valence electrons. The van der Waals surface area contributed by atoms with Gasteiger partial charge in [0, 0.05) is 0 Å². The highest BCUT2D eigenvalue weighted by Crippen LogP contribution is 2.13. The zero-order valence-electron chi connectivity index (χ0n) is 10.7. The van der Waals surface area contributed by atoms with Crippen molar-refractivity contribution in [1.82, 2.24) is 0 Å². The van der Waals surface area contributed by atoms with Crippen LogP contribution in [0.4, 0.5) is 0 Å². The molecule has 0 saturated carbocycles. The molecule has 0 spiro atoms. The van der Waals surface area contributed by atoms with Crippen LogP contribution < -0.4 is 10.1 Å². The first-order valence-electron chi connectivity index (χ1n) is 6.51. The lowest BCUT2D eigenvalue weighted by atomic mass is 10.2. The van der Waals surface area contributed by atoms with Crippen molar-refractivity contribution in [3.63, 3.8) is 0 Å². The molecule has 1 rings (SSSR count). The van der Waals surface area contributed by atoms with Gasteiger partial charge in [0.15, 0.2) is 0 Å². The molecule has 0 unspecified atom stereocenters. The SMILES string of the molecule is CCc1cccc(OCCCC[NH2+]CCO)c1. The molecule has 0 heterocycles. The topological polar surface area (TPSA) is 46.1 Å². The van der Waals surface area contributed by atoms with Gasteiger partial charge in [-0.15, -0.1) is 0 Å². The van der Waals surface area contributed by atoms with Crippen LogP contribution in [0.1, 0.15) is 25.3 Å². The summed E-state index contributed by atoms with van der Waals surface area (Å²) in [5.74, 6) is 0.976. The Morgan fingerprint density at radius 1 is 1.24 bits per heavy atom. The molecule has 0 aliphatic heterocycles. The van der Waals surface area contributed by atoms with Gasteiger partial charge in [-0.05, 0) is 37.0 Å². The smallest absolute Gasteiger partial charge is 0.119 e. The molecule has 3 N–H and O–H groups in total. The van der Waals surface area contributed by atoms with E-state index in [0.717, 1.165) is 44.7 Å². The Hall–Kier alpha value is -1.06. The Labute approximate surface area is 104 Å². The second kappa shape index (κ2) is 9.02. The summed E-state index contributed by atoms with van der Waals surface area (Å²) in [7, 11) is 0. The number of unbranched alkanes of at least 4 members (excludes halogenated alkanes) is 1. The lowest BCUT2D eigenvalue weighted by molar-refractivity contribution is -0.656. The van der Waals surface area contributed by atoms with E-state index in [-0.39, 0.29) is 6.61 Å². The summed E-state index contributed by atoms with van der Waals surface area (Å²) in [6.07, 6.45) is 3.25. The highest BCUT2D eigenvalue weighted by Gasteiger charge is 1.96. The quantitative estimate of drug-likeness (QED) is 0.630. The van der Waals surface area contributed by atoms with E-state index in [1.165, 1.54) is 5.56 Å². The molecule has 0 aliphatic carbocycles. The molecular weight excluding hydrogens is 214 g/mol. The lowest BCUT2D eigenvalue weighted by Crippen LogP contribution is -2.85. The minimum Gasteiger partial charge on any atom is -0.494 e. The van der Waals surface area contributed by atoms with Gasteiger partial charge in [-0.3, -0.25) is 0 Å². The molecule has 0 fully saturated rings. The molecule has 0 bridgehead atoms. The highest BCUT2D eigenvalue weighted by atomic mass is 16.5. The lowest BCUT2D eigenvalue weighted by Gasteiger charge is -2.07. The standard InChI is InChI=1S/C14H23NO2/c1-2-13-6-5-7-14(12-13)17-11-4-3-8-15-9-10-16/h5-7,12,15-16H,2-4,8-11H2,1H3/p+1. The summed E-state index contributed by atoms with van der Waals surface area (Å²) in [4.78, 5) is 0. The van der Waals surface area contributed by atoms with Gasteiger partial charge in [-0.25, -0.2) is 0 Å². The number of nitrogens with two attached hydrogens (primary N) is 1. The summed E-state index contributed by atoms with van der Waals surface area (Å²) in [6.45, 7) is 5.06. The molecule has 0 atom stereocenters. The first-order valence-corrected chi connectivity index (χ1v) is 6.51. The normalized spacial score (nSPS) is 10.5. The molecule has 3 heteroatoms. The van der Waals surface area contributed by atoms with E-state index in [1.807, 2.05) is 12.1 Å². The van der Waals surface area contributed by atoms with Crippen LogP contribution in [-0.2, 0) is 6.42 Å². The molecule has 1 aromatic carbocycles. The molecule has 1 aromatic rings. The van der Waals surface area contributed by atoms with Gasteiger partial charge >= 0.3 is 0 Å². The van der Waals surface area contributed by atoms with Crippen LogP contribution in [0.15, 0.2) is 24.3 Å². The van der Waals surface area contributed by atoms with E-state index in [4.69, 9.17) is 9.84 Å². The van der Waals surface area contributed by atoms with E-state index in [9.17, 15) is 0 Å². The average molecular weight is 238 g/mol. The fourth-order valence-corrected chi connectivity index (χ4v) is 1.67. The van der Waals surface area contributed by atoms with Gasteiger partial charge in [0.05, 0.1) is 26.3 Å². The maximum atomic E-state index is 8.61. The van der Waals surface area contributed by atoms with Gasteiger partial charge < -0.3 is 15.2 Å². The Morgan fingerprint density at radius 2 is 2.12 bits per heavy atom. The molecule has 3 nitrogen and oxygen atoms in total. The third-order valence-corrected chi connectivity index (χ3v) is 2.71. The maximum absolute atomic E-state index is 8.61. The maximum Gasteiger partial charge on any atom is 0.119 e. The predicted molar refractivity (Wildman–Crippen MR) is 69.3 cm³/mol. The number of aliphatic hydroxyl groups is 1. The minimum atomic E-state index is 0.264. The number of rotatable bonds is 9. The number of quaternary nitrogens is 1. The minimum absolute atomic E-state index is 0.264. The van der Waals surface area contributed by atoms with Crippen molar-refractivity contribution in [2.24, 2.45) is 0 Å². The average Bonchev–Trinajstić information content (AvgIpc) is 2.38. The second-order valence-corrected chi connectivity index (χ2v) is 4.15. The molecular formula is C14H24NO2+. The molecule has 0 aromatic heterocycles. The van der Waals surface area contributed by atoms with Crippen LogP contribution in [0, 0.1) is 0 Å². The van der Waals surface area contributed by atoms with Gasteiger partial charge in [-0.2, -0.15) is 0 Å². The molecule has 0 radical (unpaired) electrons. The van der Waals surface area contributed by atoms with Crippen molar-refractivity contribution in [2.45, 2.75) is 26.2 Å². The van der Waals surface area contributed by atoms with Gasteiger partial charge in [0.1, 0.15) is 5.75 Å². The van der Waals surface area contributed by atoms with Crippen molar-refractivity contribution in [1.29, 1.82) is 0 Å². The fraction of sp³-hybridized carbons (Fsp3) is 0.571. The van der Waals surface area contributed by atoms with E-state index in [1.54, 1.807) is 0 Å². The first-order chi connectivity index (χ1) is 8.36. The number of hydrogen-bond donors (Lipinski definition) is 2. The number of hydrogen-bond acceptors (Lipinski definition) is 2. The second-order valence-electron chi connectivity index (χ2n) is 4.15. The van der Waals surface area contributed by atoms with Crippen LogP contribution >= 0.6 is 0 Å². The summed E-state index contributed by atoms with van der Waals surface area (Å²) in [5, 5.41) is 10.7. The summed E-state index contributed by atoms with van der Waals surface area (Å²) < 4.78 is 5.69. The Balaban J connectivity index is 2.09. The zero-order chi connectivity index (χ0) is 12.3. The van der Waals surface area contributed by atoms with Crippen molar-refractivity contribution >= 4 is 0 Å². The van der Waals surface area contributed by atoms with Crippen molar-refractivity contribution < 1.29 is 15.2 Å². The first kappa shape index (κ1) is 14.0. The number of ether oxygens (including phenoxy) is 1. The zero-order valence-corrected chi connectivity index (χ0v) is 10.7. The third kappa shape index (κ3) is 6.29. The van der Waals surface area contributed by atoms with Crippen molar-refractivity contribution in [3.8, 4) is 5.75 Å². The van der Waals surface area contributed by atoms with Gasteiger partial charge in [0.25, 0.3) is 0 Å². The summed E-state index contributed by atoms with van der Waals surface area (Å²) >= 11 is 0. The van der Waals surface area contributed by atoms with Crippen LogP contribution in [0.2, 0.25) is 0 Å². The highest BCUT2D eigenvalue weighted by molar-refractivity contribution is 5.28. The van der Waals surface area contributed by atoms with E-state index in [0.29, 0.717) is 0 Å². The third-order valence-electron chi connectivity index (χ3n) is 2.71. The van der Waals surface area contributed by atoms with E-state index >= 15 is 0 Å². The predicted octanol–water partition coefficient (Wildman–Crippen LogP) is 0.964. The van der Waals surface area contributed by atoms with Crippen LogP contribution in [0.5, 0.6) is 5.75 Å². The molecule has 0 aliphatic rings. The van der Waals surface area contributed by atoms with Crippen molar-refractivity contribution in [3.05, 3.63) is 29.8 Å². The Kier molecular flexibility index (Phi) is 7.43. The Morgan fingerprint density at radius 3 is 2.88 bits per heavy atom.